The first-order valence-corrected chi connectivity index (χ1v) is 7.91. The third-order valence-corrected chi connectivity index (χ3v) is 3.90. The molecule has 0 bridgehead atoms. The fourth-order valence-electron chi connectivity index (χ4n) is 2.80. The highest BCUT2D eigenvalue weighted by atomic mass is 19.1. The van der Waals surface area contributed by atoms with E-state index in [1.807, 2.05) is 0 Å². The molecule has 120 valence electrons. The molecule has 0 aromatic heterocycles. The van der Waals surface area contributed by atoms with E-state index in [1.165, 1.54) is 19.1 Å². The van der Waals surface area contributed by atoms with Gasteiger partial charge in [-0.05, 0) is 49.4 Å². The minimum Gasteiger partial charge on any atom is -0.356 e. The van der Waals surface area contributed by atoms with Gasteiger partial charge in [-0.1, -0.05) is 6.42 Å². The van der Waals surface area contributed by atoms with Crippen molar-refractivity contribution in [2.75, 3.05) is 18.0 Å². The summed E-state index contributed by atoms with van der Waals surface area (Å²) in [6, 6.07) is 4.65. The quantitative estimate of drug-likeness (QED) is 0.822. The maximum Gasteiger partial charge on any atom is 0.226 e. The maximum atomic E-state index is 13.3. The number of anilines is 1. The Kier molecular flexibility index (Phi) is 5.92. The van der Waals surface area contributed by atoms with E-state index < -0.39 is 0 Å². The summed E-state index contributed by atoms with van der Waals surface area (Å²) in [4.78, 5) is 24.9. The molecule has 1 N–H and O–H groups in total. The van der Waals surface area contributed by atoms with Crippen LogP contribution in [0.15, 0.2) is 18.2 Å². The van der Waals surface area contributed by atoms with Gasteiger partial charge in [0, 0.05) is 32.1 Å². The van der Waals surface area contributed by atoms with Gasteiger partial charge in [0.1, 0.15) is 5.82 Å². The van der Waals surface area contributed by atoms with E-state index in [0.29, 0.717) is 19.5 Å². The summed E-state index contributed by atoms with van der Waals surface area (Å²) in [5.41, 5.74) is 1.78. The van der Waals surface area contributed by atoms with E-state index in [0.717, 1.165) is 43.4 Å². The molecular formula is C17H23FN2O2. The van der Waals surface area contributed by atoms with Gasteiger partial charge in [0.25, 0.3) is 0 Å². The Labute approximate surface area is 130 Å². The van der Waals surface area contributed by atoms with E-state index in [-0.39, 0.29) is 17.6 Å². The lowest BCUT2D eigenvalue weighted by Gasteiger charge is -2.29. The van der Waals surface area contributed by atoms with Gasteiger partial charge in [0.15, 0.2) is 0 Å². The largest absolute Gasteiger partial charge is 0.356 e. The molecule has 0 atom stereocenters. The van der Waals surface area contributed by atoms with Crippen molar-refractivity contribution in [2.45, 2.75) is 45.4 Å². The molecule has 2 amide bonds. The van der Waals surface area contributed by atoms with Crippen molar-refractivity contribution in [1.82, 2.24) is 5.32 Å². The molecule has 0 aliphatic carbocycles. The van der Waals surface area contributed by atoms with Gasteiger partial charge >= 0.3 is 0 Å². The van der Waals surface area contributed by atoms with E-state index >= 15 is 0 Å². The van der Waals surface area contributed by atoms with Crippen molar-refractivity contribution < 1.29 is 14.0 Å². The van der Waals surface area contributed by atoms with Gasteiger partial charge in [0.05, 0.1) is 0 Å². The number of aryl methyl sites for hydroxylation is 1. The number of hydrogen-bond acceptors (Lipinski definition) is 2. The zero-order valence-corrected chi connectivity index (χ0v) is 13.0. The number of fused-ring (bicyclic) bond motifs is 1. The second kappa shape index (κ2) is 7.92. The maximum absolute atomic E-state index is 13.3. The Balaban J connectivity index is 1.80. The Morgan fingerprint density at radius 2 is 2.09 bits per heavy atom. The second-order valence-electron chi connectivity index (χ2n) is 5.72. The average molecular weight is 306 g/mol. The zero-order valence-electron chi connectivity index (χ0n) is 13.0. The predicted molar refractivity (Wildman–Crippen MR) is 84.2 cm³/mol. The first-order chi connectivity index (χ1) is 10.6. The molecule has 0 spiro atoms. The molecule has 2 rings (SSSR count). The van der Waals surface area contributed by atoms with Crippen LogP contribution >= 0.6 is 0 Å². The molecule has 1 heterocycles. The summed E-state index contributed by atoms with van der Waals surface area (Å²) in [5, 5.41) is 2.75. The number of hydrogen-bond donors (Lipinski definition) is 1. The van der Waals surface area contributed by atoms with E-state index in [9.17, 15) is 14.0 Å². The number of carbonyl (C=O) groups excluding carboxylic acids is 2. The minimum absolute atomic E-state index is 0.0202. The highest BCUT2D eigenvalue weighted by Crippen LogP contribution is 2.28. The van der Waals surface area contributed by atoms with Crippen LogP contribution in [0.4, 0.5) is 10.1 Å². The van der Waals surface area contributed by atoms with Crippen LogP contribution in [0.5, 0.6) is 0 Å². The highest BCUT2D eigenvalue weighted by Gasteiger charge is 2.22. The van der Waals surface area contributed by atoms with E-state index in [2.05, 4.69) is 5.32 Å². The van der Waals surface area contributed by atoms with Crippen LogP contribution in [0, 0.1) is 5.82 Å². The predicted octanol–water partition coefficient (Wildman–Crippen LogP) is 2.80. The van der Waals surface area contributed by atoms with Gasteiger partial charge in [-0.15, -0.1) is 0 Å². The number of halogens is 1. The van der Waals surface area contributed by atoms with Crippen molar-refractivity contribution in [3.05, 3.63) is 29.6 Å². The summed E-state index contributed by atoms with van der Waals surface area (Å²) in [6.07, 6.45) is 4.81. The lowest BCUT2D eigenvalue weighted by molar-refractivity contribution is -0.119. The molecule has 5 heteroatoms. The molecule has 0 saturated carbocycles. The lowest BCUT2D eigenvalue weighted by atomic mass is 10.0. The van der Waals surface area contributed by atoms with Crippen LogP contribution in [0.3, 0.4) is 0 Å². The Hall–Kier alpha value is -1.91. The fraction of sp³-hybridized carbons (Fsp3) is 0.529. The van der Waals surface area contributed by atoms with Crippen molar-refractivity contribution >= 4 is 17.5 Å². The Morgan fingerprint density at radius 1 is 1.27 bits per heavy atom. The molecule has 1 aliphatic heterocycles. The van der Waals surface area contributed by atoms with E-state index in [1.54, 1.807) is 11.0 Å². The third kappa shape index (κ3) is 4.55. The van der Waals surface area contributed by atoms with Crippen molar-refractivity contribution in [3.63, 3.8) is 0 Å². The molecule has 0 unspecified atom stereocenters. The lowest BCUT2D eigenvalue weighted by Crippen LogP contribution is -2.35. The molecule has 1 aliphatic rings. The van der Waals surface area contributed by atoms with Gasteiger partial charge in [-0.2, -0.15) is 0 Å². The number of unbranched alkanes of at least 4 members (excludes halogenated alkanes) is 2. The van der Waals surface area contributed by atoms with Crippen LogP contribution in [0.2, 0.25) is 0 Å². The van der Waals surface area contributed by atoms with Crippen LogP contribution in [0.25, 0.3) is 0 Å². The first kappa shape index (κ1) is 16.5. The summed E-state index contributed by atoms with van der Waals surface area (Å²) >= 11 is 0. The molecule has 0 saturated heterocycles. The smallest absolute Gasteiger partial charge is 0.226 e. The highest BCUT2D eigenvalue weighted by molar-refractivity contribution is 5.94. The number of carbonyl (C=O) groups is 2. The number of nitrogens with zero attached hydrogens (tertiary/aromatic N) is 1. The standard InChI is InChI=1S/C17H23FN2O2/c1-13(21)19-10-4-2-3-7-17(22)20-11-5-6-14-12-15(18)8-9-16(14)20/h8-9,12H,2-7,10-11H2,1H3,(H,19,21). The number of amides is 2. The molecule has 22 heavy (non-hydrogen) atoms. The van der Waals surface area contributed by atoms with Gasteiger partial charge in [0.2, 0.25) is 11.8 Å². The van der Waals surface area contributed by atoms with Crippen molar-refractivity contribution in [2.24, 2.45) is 0 Å². The zero-order chi connectivity index (χ0) is 15.9. The van der Waals surface area contributed by atoms with Crippen LogP contribution in [-0.4, -0.2) is 24.9 Å². The molecule has 1 aromatic carbocycles. The van der Waals surface area contributed by atoms with Crippen LogP contribution < -0.4 is 10.2 Å². The van der Waals surface area contributed by atoms with Crippen LogP contribution in [-0.2, 0) is 16.0 Å². The van der Waals surface area contributed by atoms with Gasteiger partial charge in [-0.3, -0.25) is 9.59 Å². The molecule has 0 radical (unpaired) electrons. The summed E-state index contributed by atoms with van der Waals surface area (Å²) < 4.78 is 13.3. The molecule has 4 nitrogen and oxygen atoms in total. The molecule has 0 fully saturated rings. The number of rotatable bonds is 6. The fourth-order valence-corrected chi connectivity index (χ4v) is 2.80. The van der Waals surface area contributed by atoms with Crippen LogP contribution in [0.1, 0.15) is 44.6 Å². The van der Waals surface area contributed by atoms with E-state index in [4.69, 9.17) is 0 Å². The Bertz CT molecular complexity index is 545. The van der Waals surface area contributed by atoms with Gasteiger partial charge < -0.3 is 10.2 Å². The number of nitrogens with one attached hydrogen (secondary N) is 1. The third-order valence-electron chi connectivity index (χ3n) is 3.90. The minimum atomic E-state index is -0.244. The average Bonchev–Trinajstić information content (AvgIpc) is 2.49. The number of benzene rings is 1. The Morgan fingerprint density at radius 3 is 2.86 bits per heavy atom. The topological polar surface area (TPSA) is 49.4 Å². The second-order valence-corrected chi connectivity index (χ2v) is 5.72. The SMILES string of the molecule is CC(=O)NCCCCCC(=O)N1CCCc2cc(F)ccc21. The van der Waals surface area contributed by atoms with Gasteiger partial charge in [-0.25, -0.2) is 4.39 Å². The van der Waals surface area contributed by atoms with Crippen molar-refractivity contribution in [1.29, 1.82) is 0 Å². The summed E-state index contributed by atoms with van der Waals surface area (Å²) in [6.45, 7) is 2.87. The first-order valence-electron chi connectivity index (χ1n) is 7.91. The molecule has 1 aromatic rings. The normalized spacial score (nSPS) is 13.6. The molecular weight excluding hydrogens is 283 g/mol. The van der Waals surface area contributed by atoms with Crippen molar-refractivity contribution in [3.8, 4) is 0 Å². The monoisotopic (exact) mass is 306 g/mol. The summed E-state index contributed by atoms with van der Waals surface area (Å²) in [7, 11) is 0. The summed E-state index contributed by atoms with van der Waals surface area (Å²) in [5.74, 6) is -0.161.